The van der Waals surface area contributed by atoms with E-state index in [1.807, 2.05) is 23.0 Å². The first-order valence-electron chi connectivity index (χ1n) is 11.7. The van der Waals surface area contributed by atoms with E-state index >= 15 is 0 Å². The highest BCUT2D eigenvalue weighted by atomic mass is 16.1. The van der Waals surface area contributed by atoms with Gasteiger partial charge in [-0.1, -0.05) is 19.1 Å². The van der Waals surface area contributed by atoms with Crippen molar-refractivity contribution < 1.29 is 0 Å². The molecule has 2 N–H and O–H groups in total. The predicted octanol–water partition coefficient (Wildman–Crippen LogP) is 3.60. The summed E-state index contributed by atoms with van der Waals surface area (Å²) < 4.78 is 3.51. The summed E-state index contributed by atoms with van der Waals surface area (Å²) in [6, 6.07) is 10.3. The van der Waals surface area contributed by atoms with Crippen LogP contribution in [0.1, 0.15) is 36.6 Å². The third kappa shape index (κ3) is 3.51. The minimum Gasteiger partial charge on any atom is -0.324 e. The molecule has 8 heteroatoms. The van der Waals surface area contributed by atoms with Gasteiger partial charge in [0.1, 0.15) is 5.39 Å². The number of nitrogens with zero attached hydrogens (tertiary/aromatic N) is 5. The van der Waals surface area contributed by atoms with Crippen LogP contribution in [0.3, 0.4) is 0 Å². The number of hydrogen-bond acceptors (Lipinski definition) is 6. The SMILES string of the molecule is C=CCn1c(=O)c2cnc(Nc3ccc4c(c3)CCNC4)nc2n1-c1ccnc(C2(C)CC2)c1. The number of hydrogen-bond donors (Lipinski definition) is 2. The first-order valence-corrected chi connectivity index (χ1v) is 11.7. The summed E-state index contributed by atoms with van der Waals surface area (Å²) in [7, 11) is 0. The van der Waals surface area contributed by atoms with E-state index < -0.39 is 0 Å². The lowest BCUT2D eigenvalue weighted by Crippen LogP contribution is -2.23. The van der Waals surface area contributed by atoms with Crippen molar-refractivity contribution in [3.63, 3.8) is 0 Å². The Balaban J connectivity index is 1.45. The van der Waals surface area contributed by atoms with Crippen LogP contribution >= 0.6 is 0 Å². The number of pyridine rings is 1. The molecule has 6 rings (SSSR count). The molecule has 1 saturated carbocycles. The van der Waals surface area contributed by atoms with Crippen molar-refractivity contribution in [2.75, 3.05) is 11.9 Å². The summed E-state index contributed by atoms with van der Waals surface area (Å²) >= 11 is 0. The minimum atomic E-state index is -0.140. The van der Waals surface area contributed by atoms with Crippen molar-refractivity contribution in [3.05, 3.63) is 82.6 Å². The van der Waals surface area contributed by atoms with Crippen LogP contribution in [0.4, 0.5) is 11.6 Å². The highest BCUT2D eigenvalue weighted by molar-refractivity contribution is 5.77. The fraction of sp³-hybridized carbons (Fsp3) is 0.308. The first kappa shape index (κ1) is 20.8. The van der Waals surface area contributed by atoms with Gasteiger partial charge in [-0.15, -0.1) is 6.58 Å². The van der Waals surface area contributed by atoms with E-state index in [0.29, 0.717) is 23.5 Å². The quantitative estimate of drug-likeness (QED) is 0.434. The molecule has 0 bridgehead atoms. The van der Waals surface area contributed by atoms with E-state index in [0.717, 1.165) is 49.4 Å². The third-order valence-corrected chi connectivity index (χ3v) is 6.93. The number of nitrogens with one attached hydrogen (secondary N) is 2. The smallest absolute Gasteiger partial charge is 0.278 e. The number of aromatic nitrogens is 5. The Hall–Kier alpha value is -3.78. The van der Waals surface area contributed by atoms with Gasteiger partial charge in [0.25, 0.3) is 5.56 Å². The number of benzene rings is 1. The predicted molar refractivity (Wildman–Crippen MR) is 133 cm³/mol. The zero-order valence-electron chi connectivity index (χ0n) is 19.2. The van der Waals surface area contributed by atoms with Crippen LogP contribution < -0.4 is 16.2 Å². The summed E-state index contributed by atoms with van der Waals surface area (Å²) in [6.45, 7) is 8.31. The lowest BCUT2D eigenvalue weighted by atomic mass is 10.0. The van der Waals surface area contributed by atoms with Crippen molar-refractivity contribution in [2.45, 2.75) is 44.7 Å². The van der Waals surface area contributed by atoms with Gasteiger partial charge in [-0.25, -0.2) is 14.3 Å². The van der Waals surface area contributed by atoms with Gasteiger partial charge in [-0.3, -0.25) is 9.78 Å². The molecule has 3 aromatic heterocycles. The molecule has 0 atom stereocenters. The Morgan fingerprint density at radius 3 is 2.91 bits per heavy atom. The van der Waals surface area contributed by atoms with Gasteiger partial charge < -0.3 is 10.6 Å². The second-order valence-corrected chi connectivity index (χ2v) is 9.41. The van der Waals surface area contributed by atoms with Crippen molar-refractivity contribution in [1.82, 2.24) is 29.6 Å². The van der Waals surface area contributed by atoms with Gasteiger partial charge >= 0.3 is 0 Å². The monoisotopic (exact) mass is 453 g/mol. The topological polar surface area (TPSA) is 89.7 Å². The molecular formula is C26H27N7O. The summed E-state index contributed by atoms with van der Waals surface area (Å²) in [4.78, 5) is 27.0. The molecule has 34 heavy (non-hydrogen) atoms. The zero-order chi connectivity index (χ0) is 23.3. The van der Waals surface area contributed by atoms with Gasteiger partial charge in [-0.05, 0) is 61.2 Å². The minimum absolute atomic E-state index is 0.117. The summed E-state index contributed by atoms with van der Waals surface area (Å²) in [5.41, 5.74) is 6.03. The second kappa shape index (κ2) is 7.92. The summed E-state index contributed by atoms with van der Waals surface area (Å²) in [5, 5.41) is 7.20. The molecule has 1 fully saturated rings. The standard InChI is InChI=1S/C26H27N7O/c1-3-12-32-24(34)21-16-29-25(30-19-5-4-18-15-27-10-6-17(18)13-19)31-23(21)33(32)20-7-11-28-22(14-20)26(2)8-9-26/h3-5,7,11,13-14,16,27H,1,6,8-10,12,15H2,2H3,(H,29,30,31). The van der Waals surface area contributed by atoms with Gasteiger partial charge in [0.15, 0.2) is 5.65 Å². The number of rotatable bonds is 6. The summed E-state index contributed by atoms with van der Waals surface area (Å²) in [5.74, 6) is 0.453. The van der Waals surface area contributed by atoms with Crippen LogP contribution in [0.15, 0.2) is 60.2 Å². The van der Waals surface area contributed by atoms with E-state index in [4.69, 9.17) is 4.98 Å². The number of anilines is 2. The van der Waals surface area contributed by atoms with Crippen LogP contribution in [-0.2, 0) is 24.9 Å². The maximum absolute atomic E-state index is 13.2. The number of allylic oxidation sites excluding steroid dienone is 1. The number of fused-ring (bicyclic) bond motifs is 2. The molecule has 0 unspecified atom stereocenters. The second-order valence-electron chi connectivity index (χ2n) is 9.41. The largest absolute Gasteiger partial charge is 0.324 e. The first-order chi connectivity index (χ1) is 16.6. The van der Waals surface area contributed by atoms with Crippen LogP contribution in [0, 0.1) is 0 Å². The average Bonchev–Trinajstić information content (AvgIpc) is 3.56. The molecule has 4 aromatic rings. The Bertz CT molecular complexity index is 1480. The van der Waals surface area contributed by atoms with Gasteiger partial charge in [0, 0.05) is 35.7 Å². The van der Waals surface area contributed by atoms with Gasteiger partial charge in [0.2, 0.25) is 5.95 Å². The lowest BCUT2D eigenvalue weighted by molar-refractivity contribution is 0.603. The Kier molecular flexibility index (Phi) is 4.84. The molecule has 0 radical (unpaired) electrons. The molecule has 1 aliphatic carbocycles. The molecule has 8 nitrogen and oxygen atoms in total. The highest BCUT2D eigenvalue weighted by Gasteiger charge is 2.40. The third-order valence-electron chi connectivity index (χ3n) is 6.93. The molecule has 0 amide bonds. The van der Waals surface area contributed by atoms with E-state index in [1.54, 1.807) is 17.0 Å². The van der Waals surface area contributed by atoms with Crippen LogP contribution in [-0.4, -0.2) is 30.9 Å². The molecule has 2 aliphatic rings. The molecular weight excluding hydrogens is 426 g/mol. The maximum Gasteiger partial charge on any atom is 0.278 e. The highest BCUT2D eigenvalue weighted by Crippen LogP contribution is 2.46. The van der Waals surface area contributed by atoms with Crippen LogP contribution in [0.5, 0.6) is 0 Å². The maximum atomic E-state index is 13.2. The molecule has 172 valence electrons. The zero-order valence-corrected chi connectivity index (χ0v) is 19.2. The van der Waals surface area contributed by atoms with E-state index in [9.17, 15) is 4.79 Å². The Labute approximate surface area is 197 Å². The Morgan fingerprint density at radius 2 is 2.09 bits per heavy atom. The fourth-order valence-corrected chi connectivity index (χ4v) is 4.65. The van der Waals surface area contributed by atoms with E-state index in [-0.39, 0.29) is 11.0 Å². The summed E-state index contributed by atoms with van der Waals surface area (Å²) in [6.07, 6.45) is 8.39. The van der Waals surface area contributed by atoms with E-state index in [1.165, 1.54) is 11.1 Å². The molecule has 1 aromatic carbocycles. The van der Waals surface area contributed by atoms with Crippen LogP contribution in [0.2, 0.25) is 0 Å². The van der Waals surface area contributed by atoms with Crippen molar-refractivity contribution in [1.29, 1.82) is 0 Å². The van der Waals surface area contributed by atoms with Gasteiger partial charge in [0.05, 0.1) is 12.2 Å². The van der Waals surface area contributed by atoms with Crippen molar-refractivity contribution in [2.24, 2.45) is 0 Å². The normalized spacial score (nSPS) is 16.3. The molecule has 4 heterocycles. The van der Waals surface area contributed by atoms with Crippen LogP contribution in [0.25, 0.3) is 16.7 Å². The molecule has 0 spiro atoms. The van der Waals surface area contributed by atoms with Gasteiger partial charge in [-0.2, -0.15) is 4.98 Å². The lowest BCUT2D eigenvalue weighted by Gasteiger charge is -2.18. The average molecular weight is 454 g/mol. The van der Waals surface area contributed by atoms with E-state index in [2.05, 4.69) is 52.3 Å². The fourth-order valence-electron chi connectivity index (χ4n) is 4.65. The van der Waals surface area contributed by atoms with Crippen molar-refractivity contribution >= 4 is 22.7 Å². The van der Waals surface area contributed by atoms with Crippen molar-refractivity contribution in [3.8, 4) is 5.69 Å². The molecule has 1 aliphatic heterocycles. The molecule has 0 saturated heterocycles. The Morgan fingerprint density at radius 1 is 1.21 bits per heavy atom.